The Morgan fingerprint density at radius 2 is 1.05 bits per heavy atom. The number of carboxylic acid groups (broad SMARTS) is 2. The fraction of sp³-hybridized carbons (Fsp3) is 0.702. The summed E-state index contributed by atoms with van der Waals surface area (Å²) < 4.78 is 0. The van der Waals surface area contributed by atoms with Crippen LogP contribution in [0.25, 0.3) is 0 Å². The number of pyridine rings is 2. The molecule has 10 aliphatic rings. The molecule has 10 fully saturated rings. The lowest BCUT2D eigenvalue weighted by atomic mass is 9.54. The van der Waals surface area contributed by atoms with E-state index in [-0.39, 0.29) is 30.1 Å². The second-order valence-corrected chi connectivity index (χ2v) is 22.2. The smallest absolute Gasteiger partial charge is 0.308 e. The van der Waals surface area contributed by atoms with Crippen LogP contribution >= 0.6 is 23.5 Å². The number of anilines is 2. The molecule has 2 atom stereocenters. The van der Waals surface area contributed by atoms with Gasteiger partial charge in [-0.15, -0.1) is 23.5 Å². The van der Waals surface area contributed by atoms with E-state index in [0.29, 0.717) is 66.4 Å². The largest absolute Gasteiger partial charge is 0.481 e. The fourth-order valence-electron chi connectivity index (χ4n) is 13.5. The Morgan fingerprint density at radius 3 is 1.44 bits per heavy atom. The van der Waals surface area contributed by atoms with Gasteiger partial charge in [-0.2, -0.15) is 0 Å². The van der Waals surface area contributed by atoms with Crippen molar-refractivity contribution in [3.63, 3.8) is 0 Å². The molecule has 4 N–H and O–H groups in total. The number of hydrogen-bond donors (Lipinski definition) is 4. The molecule has 0 aromatic carbocycles. The Bertz CT molecular complexity index is 1930. The molecule has 0 spiro atoms. The second-order valence-electron chi connectivity index (χ2n) is 19.7. The molecule has 2 amide bonds. The quantitative estimate of drug-likeness (QED) is 0.145. The molecule has 61 heavy (non-hydrogen) atoms. The zero-order valence-electron chi connectivity index (χ0n) is 35.8. The molecule has 8 saturated carbocycles. The Balaban J connectivity index is 0.000000156. The van der Waals surface area contributed by atoms with Crippen LogP contribution in [0, 0.1) is 59.2 Å². The molecule has 2 aliphatic heterocycles. The van der Waals surface area contributed by atoms with Crippen LogP contribution in [-0.4, -0.2) is 93.7 Å². The highest BCUT2D eigenvalue weighted by molar-refractivity contribution is 7.99. The number of aliphatic carboxylic acids is 2. The third-order valence-corrected chi connectivity index (χ3v) is 17.5. The van der Waals surface area contributed by atoms with Crippen LogP contribution in [0.2, 0.25) is 0 Å². The Kier molecular flexibility index (Phi) is 12.8. The molecule has 4 heterocycles. The van der Waals surface area contributed by atoms with Crippen molar-refractivity contribution in [2.75, 3.05) is 47.5 Å². The van der Waals surface area contributed by atoms with Crippen molar-refractivity contribution in [2.24, 2.45) is 59.2 Å². The van der Waals surface area contributed by atoms with Crippen LogP contribution in [0.3, 0.4) is 0 Å². The van der Waals surface area contributed by atoms with E-state index in [1.807, 2.05) is 29.2 Å². The van der Waals surface area contributed by atoms with E-state index in [1.54, 1.807) is 23.5 Å². The molecule has 8 aliphatic carbocycles. The molecule has 0 unspecified atom stereocenters. The van der Waals surface area contributed by atoms with Crippen LogP contribution in [0.1, 0.15) is 118 Å². The number of carboxylic acids is 2. The number of carbonyl (C=O) groups excluding carboxylic acids is 2. The van der Waals surface area contributed by atoms with Gasteiger partial charge in [-0.05, 0) is 166 Å². The van der Waals surface area contributed by atoms with Crippen molar-refractivity contribution in [1.29, 1.82) is 0 Å². The fourth-order valence-corrected chi connectivity index (χ4v) is 15.0. The molecule has 14 heteroatoms. The van der Waals surface area contributed by atoms with Gasteiger partial charge in [0.2, 0.25) is 0 Å². The van der Waals surface area contributed by atoms with Crippen molar-refractivity contribution in [2.45, 2.75) is 119 Å². The van der Waals surface area contributed by atoms with Gasteiger partial charge >= 0.3 is 11.9 Å². The molecule has 8 bridgehead atoms. The Morgan fingerprint density at radius 1 is 0.623 bits per heavy atom. The van der Waals surface area contributed by atoms with E-state index < -0.39 is 11.9 Å². The number of amides is 2. The summed E-state index contributed by atoms with van der Waals surface area (Å²) in [7, 11) is 0. The maximum absolute atomic E-state index is 13.3. The summed E-state index contributed by atoms with van der Waals surface area (Å²) in [6.07, 6.45) is 14.8. The van der Waals surface area contributed by atoms with Gasteiger partial charge in [0.25, 0.3) is 11.8 Å². The van der Waals surface area contributed by atoms with E-state index in [2.05, 4.69) is 29.4 Å². The minimum atomic E-state index is -0.743. The number of nitrogens with zero attached hydrogens (tertiary/aromatic N) is 4. The standard InChI is InChI=1S/C24H33N3O3S.C23H31N3O3S/c1-2-31-24-19(3-4-20(25-24)27-6-5-14(13-27)12-21(28)29)23(30)26-22-17-8-15-7-16(10-17)11-18(22)9-15;1-2-30-22-18(3-4-19(24-22)26-6-5-15(12-26)23(28)29)21(27)25-20-16-8-13-7-14(10-16)11-17(20)9-13/h3-4,14-18,22H,2,5-13H2,1H3,(H,26,30)(H,28,29);3-4,13-17,20H,2,5-12H2,1H3,(H,25,27)(H,28,29)/t14-,15?,16?,17?,18?,22?;13?,14?,15-,16?,17?,20?/m11/s1. The molecule has 2 saturated heterocycles. The predicted octanol–water partition coefficient (Wildman–Crippen LogP) is 7.71. The van der Waals surface area contributed by atoms with Gasteiger partial charge in [-0.1, -0.05) is 13.8 Å². The van der Waals surface area contributed by atoms with Crippen LogP contribution in [0.15, 0.2) is 34.3 Å². The van der Waals surface area contributed by atoms with Crippen LogP contribution < -0.4 is 20.4 Å². The van der Waals surface area contributed by atoms with Gasteiger partial charge in [-0.3, -0.25) is 19.2 Å². The SMILES string of the molecule is CCSc1nc(N2CC[C@@H](C(=O)O)C2)ccc1C(=O)NC1C2CC3CC(C2)CC1C3.CCSc1nc(N2CC[C@H](CC(=O)O)C2)ccc1C(=O)NC1C2CC3CC(C2)CC1C3. The minimum absolute atomic E-state index is 0.00677. The van der Waals surface area contributed by atoms with Gasteiger partial charge in [-0.25, -0.2) is 9.97 Å². The lowest BCUT2D eigenvalue weighted by Gasteiger charge is -2.54. The van der Waals surface area contributed by atoms with E-state index in [4.69, 9.17) is 15.1 Å². The van der Waals surface area contributed by atoms with Crippen LogP contribution in [0.5, 0.6) is 0 Å². The number of rotatable bonds is 13. The summed E-state index contributed by atoms with van der Waals surface area (Å²) in [4.78, 5) is 62.7. The maximum atomic E-state index is 13.3. The molecule has 2 aromatic heterocycles. The molecule has 2 aromatic rings. The van der Waals surface area contributed by atoms with Gasteiger partial charge in [0.05, 0.1) is 17.0 Å². The van der Waals surface area contributed by atoms with E-state index in [9.17, 15) is 24.3 Å². The topological polar surface area (TPSA) is 165 Å². The number of carbonyl (C=O) groups is 4. The zero-order chi connectivity index (χ0) is 42.4. The summed E-state index contributed by atoms with van der Waals surface area (Å²) in [5.41, 5.74) is 1.35. The Labute approximate surface area is 368 Å². The van der Waals surface area contributed by atoms with E-state index in [1.165, 1.54) is 64.2 Å². The highest BCUT2D eigenvalue weighted by Gasteiger charge is 2.50. The summed E-state index contributed by atoms with van der Waals surface area (Å²) in [5.74, 6) is 7.91. The molecular formula is C47H64N6O6S2. The summed E-state index contributed by atoms with van der Waals surface area (Å²) in [5, 5.41) is 26.7. The van der Waals surface area contributed by atoms with Crippen molar-refractivity contribution >= 4 is 58.9 Å². The minimum Gasteiger partial charge on any atom is -0.481 e. The zero-order valence-corrected chi connectivity index (χ0v) is 37.4. The van der Waals surface area contributed by atoms with Gasteiger partial charge < -0.3 is 30.6 Å². The van der Waals surface area contributed by atoms with Gasteiger partial charge in [0.1, 0.15) is 21.7 Å². The van der Waals surface area contributed by atoms with Gasteiger partial charge in [0, 0.05) is 44.7 Å². The highest BCUT2D eigenvalue weighted by Crippen LogP contribution is 2.55. The average Bonchev–Trinajstić information content (AvgIpc) is 3.91. The number of nitrogens with one attached hydrogen (secondary N) is 2. The van der Waals surface area contributed by atoms with Crippen molar-refractivity contribution in [3.8, 4) is 0 Å². The Hall–Kier alpha value is -3.52. The average molecular weight is 873 g/mol. The van der Waals surface area contributed by atoms with E-state index in [0.717, 1.165) is 76.4 Å². The number of aromatic nitrogens is 2. The second kappa shape index (κ2) is 18.3. The van der Waals surface area contributed by atoms with Crippen LogP contribution in [-0.2, 0) is 9.59 Å². The molecule has 12 nitrogen and oxygen atoms in total. The summed E-state index contributed by atoms with van der Waals surface area (Å²) in [6.45, 7) is 6.86. The lowest BCUT2D eigenvalue weighted by Crippen LogP contribution is -2.55. The number of hydrogen-bond acceptors (Lipinski definition) is 10. The van der Waals surface area contributed by atoms with Crippen molar-refractivity contribution < 1.29 is 29.4 Å². The highest BCUT2D eigenvalue weighted by atomic mass is 32.2. The number of thioether (sulfide) groups is 2. The third-order valence-electron chi connectivity index (χ3n) is 15.7. The predicted molar refractivity (Wildman–Crippen MR) is 238 cm³/mol. The molecule has 330 valence electrons. The first-order valence-corrected chi connectivity index (χ1v) is 25.3. The normalized spacial score (nSPS) is 34.0. The summed E-state index contributed by atoms with van der Waals surface area (Å²) in [6, 6.07) is 8.29. The van der Waals surface area contributed by atoms with Crippen molar-refractivity contribution in [1.82, 2.24) is 20.6 Å². The third kappa shape index (κ3) is 9.27. The first-order chi connectivity index (χ1) is 29.5. The van der Waals surface area contributed by atoms with Crippen LogP contribution in [0.4, 0.5) is 11.6 Å². The molecule has 12 rings (SSSR count). The van der Waals surface area contributed by atoms with Crippen molar-refractivity contribution in [3.05, 3.63) is 35.4 Å². The maximum Gasteiger partial charge on any atom is 0.308 e. The lowest BCUT2D eigenvalue weighted by molar-refractivity contribution is -0.141. The molecule has 0 radical (unpaired) electrons. The molecular weight excluding hydrogens is 809 g/mol. The first kappa shape index (κ1) is 42.8. The first-order valence-electron chi connectivity index (χ1n) is 23.4. The van der Waals surface area contributed by atoms with Gasteiger partial charge in [0.15, 0.2) is 0 Å². The monoisotopic (exact) mass is 872 g/mol. The summed E-state index contributed by atoms with van der Waals surface area (Å²) >= 11 is 3.20. The van der Waals surface area contributed by atoms with E-state index >= 15 is 0 Å².